The number of fused-ring (bicyclic) bond motifs is 1. The minimum atomic E-state index is -4.39. The molecule has 0 radical (unpaired) electrons. The number of aryl methyl sites for hydroxylation is 1. The highest BCUT2D eigenvalue weighted by molar-refractivity contribution is 7.89. The van der Waals surface area contributed by atoms with Gasteiger partial charge in [0, 0.05) is 32.6 Å². The van der Waals surface area contributed by atoms with Gasteiger partial charge in [0.05, 0.1) is 10.5 Å². The summed E-state index contributed by atoms with van der Waals surface area (Å²) in [7, 11) is -3.67. The van der Waals surface area contributed by atoms with Crippen LogP contribution in [0, 0.1) is 0 Å². The number of hydrogen-bond acceptors (Lipinski definition) is 3. The first kappa shape index (κ1) is 23.3. The Kier molecular flexibility index (Phi) is 6.45. The molecule has 1 saturated heterocycles. The molecule has 33 heavy (non-hydrogen) atoms. The molecule has 4 rings (SSSR count). The number of amides is 1. The van der Waals surface area contributed by atoms with Crippen LogP contribution in [0.5, 0.6) is 0 Å². The van der Waals surface area contributed by atoms with Crippen LogP contribution in [0.15, 0.2) is 71.6 Å². The number of carbonyl (C=O) groups is 1. The van der Waals surface area contributed by atoms with Crippen molar-refractivity contribution in [3.05, 3.63) is 77.9 Å². The Morgan fingerprint density at radius 2 is 1.48 bits per heavy atom. The highest BCUT2D eigenvalue weighted by Gasteiger charge is 2.31. The van der Waals surface area contributed by atoms with Gasteiger partial charge in [-0.1, -0.05) is 42.5 Å². The van der Waals surface area contributed by atoms with Gasteiger partial charge in [-0.2, -0.15) is 17.5 Å². The number of carbonyl (C=O) groups excluding carboxylic acids is 1. The van der Waals surface area contributed by atoms with Crippen LogP contribution >= 0.6 is 0 Å². The molecule has 1 aliphatic heterocycles. The molecule has 0 atom stereocenters. The van der Waals surface area contributed by atoms with Crippen LogP contribution in [0.4, 0.5) is 13.2 Å². The topological polar surface area (TPSA) is 57.7 Å². The Morgan fingerprint density at radius 3 is 2.12 bits per heavy atom. The highest BCUT2D eigenvalue weighted by atomic mass is 32.2. The first-order valence-electron chi connectivity index (χ1n) is 10.6. The zero-order valence-corrected chi connectivity index (χ0v) is 18.6. The molecule has 0 unspecified atom stereocenters. The number of halogens is 3. The fraction of sp³-hybridized carbons (Fsp3) is 0.292. The summed E-state index contributed by atoms with van der Waals surface area (Å²) in [4.78, 5) is 14.4. The third-order valence-electron chi connectivity index (χ3n) is 5.86. The monoisotopic (exact) mass is 476 g/mol. The average Bonchev–Trinajstić information content (AvgIpc) is 2.82. The van der Waals surface area contributed by atoms with E-state index in [1.807, 2.05) is 24.3 Å². The molecule has 3 aromatic rings. The molecule has 0 aliphatic carbocycles. The third-order valence-corrected chi connectivity index (χ3v) is 7.75. The van der Waals surface area contributed by atoms with E-state index in [0.717, 1.165) is 22.9 Å². The van der Waals surface area contributed by atoms with Gasteiger partial charge in [0.2, 0.25) is 15.9 Å². The SMILES string of the molecule is O=C(CCc1ccc(C(F)(F)F)cc1)N1CCN(S(=O)(=O)c2ccc3ccccc3c2)CC1. The second-order valence-corrected chi connectivity index (χ2v) is 9.93. The fourth-order valence-electron chi connectivity index (χ4n) is 3.92. The summed E-state index contributed by atoms with van der Waals surface area (Å²) in [6, 6.07) is 17.3. The summed E-state index contributed by atoms with van der Waals surface area (Å²) >= 11 is 0. The van der Waals surface area contributed by atoms with Crippen molar-refractivity contribution >= 4 is 26.7 Å². The molecule has 1 fully saturated rings. The molecule has 1 heterocycles. The molecule has 0 spiro atoms. The second kappa shape index (κ2) is 9.15. The Bertz CT molecular complexity index is 1250. The van der Waals surface area contributed by atoms with Gasteiger partial charge >= 0.3 is 6.18 Å². The summed E-state index contributed by atoms with van der Waals surface area (Å²) in [5, 5.41) is 1.80. The second-order valence-electron chi connectivity index (χ2n) is 7.99. The van der Waals surface area contributed by atoms with Crippen molar-refractivity contribution in [1.29, 1.82) is 0 Å². The van der Waals surface area contributed by atoms with Gasteiger partial charge in [-0.3, -0.25) is 4.79 Å². The Balaban J connectivity index is 1.33. The maximum atomic E-state index is 13.1. The van der Waals surface area contributed by atoms with Gasteiger partial charge in [0.15, 0.2) is 0 Å². The van der Waals surface area contributed by atoms with Crippen molar-refractivity contribution in [3.63, 3.8) is 0 Å². The van der Waals surface area contributed by atoms with Crippen molar-refractivity contribution in [2.75, 3.05) is 26.2 Å². The first-order valence-corrected chi connectivity index (χ1v) is 12.0. The van der Waals surface area contributed by atoms with E-state index in [0.29, 0.717) is 12.0 Å². The maximum Gasteiger partial charge on any atom is 0.416 e. The molecule has 0 saturated carbocycles. The molecule has 1 amide bonds. The number of alkyl halides is 3. The number of rotatable bonds is 5. The average molecular weight is 477 g/mol. The Hall–Kier alpha value is -2.91. The molecular weight excluding hydrogens is 453 g/mol. The minimum Gasteiger partial charge on any atom is -0.340 e. The summed E-state index contributed by atoms with van der Waals surface area (Å²) in [5.41, 5.74) is -0.0739. The molecular formula is C24H23F3N2O3S. The lowest BCUT2D eigenvalue weighted by atomic mass is 10.1. The summed E-state index contributed by atoms with van der Waals surface area (Å²) in [6.45, 7) is 0.944. The van der Waals surface area contributed by atoms with Crippen LogP contribution in [0.25, 0.3) is 10.8 Å². The Morgan fingerprint density at radius 1 is 0.848 bits per heavy atom. The van der Waals surface area contributed by atoms with E-state index in [1.165, 1.54) is 16.4 Å². The van der Waals surface area contributed by atoms with Crippen molar-refractivity contribution in [2.24, 2.45) is 0 Å². The fourth-order valence-corrected chi connectivity index (χ4v) is 5.38. The van der Waals surface area contributed by atoms with Crippen molar-refractivity contribution < 1.29 is 26.4 Å². The summed E-state index contributed by atoms with van der Waals surface area (Å²) in [5.74, 6) is -0.141. The smallest absolute Gasteiger partial charge is 0.340 e. The van der Waals surface area contributed by atoms with Gasteiger partial charge in [-0.15, -0.1) is 0 Å². The lowest BCUT2D eigenvalue weighted by Gasteiger charge is -2.34. The lowest BCUT2D eigenvalue weighted by Crippen LogP contribution is -2.50. The quantitative estimate of drug-likeness (QED) is 0.551. The molecule has 1 aliphatic rings. The van der Waals surface area contributed by atoms with Crippen LogP contribution in [0.3, 0.4) is 0 Å². The molecule has 9 heteroatoms. The van der Waals surface area contributed by atoms with Crippen molar-refractivity contribution in [3.8, 4) is 0 Å². The molecule has 174 valence electrons. The van der Waals surface area contributed by atoms with Gasteiger partial charge in [0.25, 0.3) is 0 Å². The first-order chi connectivity index (χ1) is 15.6. The predicted molar refractivity (Wildman–Crippen MR) is 119 cm³/mol. The molecule has 5 nitrogen and oxygen atoms in total. The van der Waals surface area contributed by atoms with E-state index in [9.17, 15) is 26.4 Å². The zero-order valence-electron chi connectivity index (χ0n) is 17.8. The van der Waals surface area contributed by atoms with Gasteiger partial charge in [-0.05, 0) is 47.0 Å². The number of sulfonamides is 1. The minimum absolute atomic E-state index is 0.141. The standard InChI is InChI=1S/C24H23F3N2O3S/c25-24(26,27)21-9-5-18(6-10-21)7-12-23(30)28-13-15-29(16-14-28)33(31,32)22-11-8-19-3-1-2-4-20(19)17-22/h1-6,8-11,17H,7,12-16H2. The van der Waals surface area contributed by atoms with Crippen LogP contribution in [-0.4, -0.2) is 49.7 Å². The molecule has 0 bridgehead atoms. The predicted octanol–water partition coefficient (Wildman–Crippen LogP) is 4.32. The van der Waals surface area contributed by atoms with Crippen LogP contribution in [-0.2, 0) is 27.4 Å². The zero-order chi connectivity index (χ0) is 23.6. The number of benzene rings is 3. The number of hydrogen-bond donors (Lipinski definition) is 0. The maximum absolute atomic E-state index is 13.1. The normalized spacial score (nSPS) is 15.7. The van der Waals surface area contributed by atoms with E-state index in [2.05, 4.69) is 0 Å². The van der Waals surface area contributed by atoms with Crippen molar-refractivity contribution in [1.82, 2.24) is 9.21 Å². The number of piperazine rings is 1. The van der Waals surface area contributed by atoms with Crippen molar-refractivity contribution in [2.45, 2.75) is 23.9 Å². The lowest BCUT2D eigenvalue weighted by molar-refractivity contribution is -0.137. The summed E-state index contributed by atoms with van der Waals surface area (Å²) < 4.78 is 65.5. The largest absolute Gasteiger partial charge is 0.416 e. The molecule has 3 aromatic carbocycles. The third kappa shape index (κ3) is 5.20. The van der Waals surface area contributed by atoms with Crippen LogP contribution in [0.1, 0.15) is 17.5 Å². The van der Waals surface area contributed by atoms with Gasteiger partial charge in [0.1, 0.15) is 0 Å². The van der Waals surface area contributed by atoms with E-state index >= 15 is 0 Å². The number of nitrogens with zero attached hydrogens (tertiary/aromatic N) is 2. The Labute approximate surface area is 190 Å². The summed E-state index contributed by atoms with van der Waals surface area (Å²) in [6.07, 6.45) is -3.91. The highest BCUT2D eigenvalue weighted by Crippen LogP contribution is 2.29. The van der Waals surface area contributed by atoms with E-state index < -0.39 is 21.8 Å². The molecule has 0 aromatic heterocycles. The molecule has 0 N–H and O–H groups in total. The van der Waals surface area contributed by atoms with Gasteiger partial charge < -0.3 is 4.90 Å². The van der Waals surface area contributed by atoms with E-state index in [1.54, 1.807) is 23.1 Å². The van der Waals surface area contributed by atoms with E-state index in [-0.39, 0.29) is 43.4 Å². The van der Waals surface area contributed by atoms with Crippen LogP contribution < -0.4 is 0 Å². The van der Waals surface area contributed by atoms with Gasteiger partial charge in [-0.25, -0.2) is 8.42 Å². The van der Waals surface area contributed by atoms with Crippen LogP contribution in [0.2, 0.25) is 0 Å². The van der Waals surface area contributed by atoms with E-state index in [4.69, 9.17) is 0 Å².